The summed E-state index contributed by atoms with van der Waals surface area (Å²) in [5.74, 6) is 0. The van der Waals surface area contributed by atoms with E-state index >= 15 is 0 Å². The van der Waals surface area contributed by atoms with Gasteiger partial charge in [-0.25, -0.2) is 0 Å². The molecule has 1 heterocycles. The van der Waals surface area contributed by atoms with E-state index in [0.29, 0.717) is 0 Å². The van der Waals surface area contributed by atoms with Gasteiger partial charge in [-0.05, 0) is 24.9 Å². The predicted molar refractivity (Wildman–Crippen MR) is 68.6 cm³/mol. The number of hydrogen-bond donors (Lipinski definition) is 1. The molecule has 3 heteroatoms. The number of piperazine rings is 1. The molecule has 90 valence electrons. The highest BCUT2D eigenvalue weighted by Gasteiger charge is 2.20. The van der Waals surface area contributed by atoms with Gasteiger partial charge in [0.05, 0.1) is 6.07 Å². The molecule has 1 saturated heterocycles. The summed E-state index contributed by atoms with van der Waals surface area (Å²) in [5, 5.41) is 12.3. The monoisotopic (exact) mass is 229 g/mol. The highest BCUT2D eigenvalue weighted by Crippen LogP contribution is 2.07. The summed E-state index contributed by atoms with van der Waals surface area (Å²) in [4.78, 5) is 2.29. The maximum Gasteiger partial charge on any atom is 0.110 e. The van der Waals surface area contributed by atoms with E-state index in [2.05, 4.69) is 40.6 Å². The molecule has 17 heavy (non-hydrogen) atoms. The molecule has 2 rings (SSSR count). The molecular weight excluding hydrogens is 210 g/mol. The van der Waals surface area contributed by atoms with E-state index in [-0.39, 0.29) is 6.04 Å². The van der Waals surface area contributed by atoms with Crippen LogP contribution in [0.2, 0.25) is 0 Å². The molecular formula is C14H19N3. The molecule has 3 nitrogen and oxygen atoms in total. The molecule has 0 aliphatic carbocycles. The fourth-order valence-electron chi connectivity index (χ4n) is 2.27. The second-order valence-electron chi connectivity index (χ2n) is 4.47. The van der Waals surface area contributed by atoms with E-state index in [1.165, 1.54) is 5.56 Å². The van der Waals surface area contributed by atoms with Crippen LogP contribution in [0.4, 0.5) is 0 Å². The van der Waals surface area contributed by atoms with E-state index < -0.39 is 0 Å². The SMILES string of the molecule is N#CC1CNCCN1CCCc1ccccc1. The average Bonchev–Trinajstić information content (AvgIpc) is 2.40. The van der Waals surface area contributed by atoms with Crippen LogP contribution in [0.5, 0.6) is 0 Å². The molecule has 1 fully saturated rings. The number of rotatable bonds is 4. The topological polar surface area (TPSA) is 39.1 Å². The van der Waals surface area contributed by atoms with Gasteiger partial charge in [-0.15, -0.1) is 0 Å². The zero-order valence-corrected chi connectivity index (χ0v) is 10.1. The van der Waals surface area contributed by atoms with Crippen LogP contribution >= 0.6 is 0 Å². The quantitative estimate of drug-likeness (QED) is 0.848. The zero-order valence-electron chi connectivity index (χ0n) is 10.1. The molecule has 1 aliphatic rings. The summed E-state index contributed by atoms with van der Waals surface area (Å²) in [5.41, 5.74) is 1.39. The fourth-order valence-corrected chi connectivity index (χ4v) is 2.27. The van der Waals surface area contributed by atoms with Crippen LogP contribution in [0.15, 0.2) is 30.3 Å². The highest BCUT2D eigenvalue weighted by atomic mass is 15.2. The van der Waals surface area contributed by atoms with Gasteiger partial charge >= 0.3 is 0 Å². The Kier molecular flexibility index (Phi) is 4.54. The molecule has 1 atom stereocenters. The number of nitrogens with zero attached hydrogens (tertiary/aromatic N) is 2. The second kappa shape index (κ2) is 6.39. The first-order valence-electron chi connectivity index (χ1n) is 6.28. The maximum absolute atomic E-state index is 9.05. The Morgan fingerprint density at radius 3 is 2.94 bits per heavy atom. The summed E-state index contributed by atoms with van der Waals surface area (Å²) in [6.07, 6.45) is 2.23. The van der Waals surface area contributed by atoms with Crippen LogP contribution in [0.1, 0.15) is 12.0 Å². The first-order valence-corrected chi connectivity index (χ1v) is 6.28. The summed E-state index contributed by atoms with van der Waals surface area (Å²) < 4.78 is 0. The van der Waals surface area contributed by atoms with Gasteiger partial charge in [0.15, 0.2) is 0 Å². The highest BCUT2D eigenvalue weighted by molar-refractivity contribution is 5.14. The van der Waals surface area contributed by atoms with Crippen LogP contribution in [-0.4, -0.2) is 37.1 Å². The summed E-state index contributed by atoms with van der Waals surface area (Å²) in [6, 6.07) is 13.0. The van der Waals surface area contributed by atoms with Gasteiger partial charge < -0.3 is 5.32 Å². The van der Waals surface area contributed by atoms with Crippen LogP contribution in [0.25, 0.3) is 0 Å². The van der Waals surface area contributed by atoms with Crippen molar-refractivity contribution in [2.24, 2.45) is 0 Å². The van der Waals surface area contributed by atoms with Crippen molar-refractivity contribution in [3.05, 3.63) is 35.9 Å². The lowest BCUT2D eigenvalue weighted by molar-refractivity contribution is 0.195. The van der Waals surface area contributed by atoms with Gasteiger partial charge in [-0.3, -0.25) is 4.90 Å². The second-order valence-corrected chi connectivity index (χ2v) is 4.47. The average molecular weight is 229 g/mol. The van der Waals surface area contributed by atoms with E-state index in [1.807, 2.05) is 6.07 Å². The van der Waals surface area contributed by atoms with Crippen molar-refractivity contribution < 1.29 is 0 Å². The van der Waals surface area contributed by atoms with Crippen molar-refractivity contribution in [1.29, 1.82) is 5.26 Å². The van der Waals surface area contributed by atoms with Crippen molar-refractivity contribution in [1.82, 2.24) is 10.2 Å². The molecule has 1 aromatic carbocycles. The third-order valence-corrected chi connectivity index (χ3v) is 3.26. The van der Waals surface area contributed by atoms with Gasteiger partial charge in [-0.1, -0.05) is 30.3 Å². The van der Waals surface area contributed by atoms with Crippen molar-refractivity contribution in [3.8, 4) is 6.07 Å². The Morgan fingerprint density at radius 2 is 2.18 bits per heavy atom. The smallest absolute Gasteiger partial charge is 0.110 e. The van der Waals surface area contributed by atoms with Crippen molar-refractivity contribution in [2.75, 3.05) is 26.2 Å². The van der Waals surface area contributed by atoms with E-state index in [4.69, 9.17) is 5.26 Å². The van der Waals surface area contributed by atoms with Crippen molar-refractivity contribution in [3.63, 3.8) is 0 Å². The minimum absolute atomic E-state index is 0.0551. The number of aryl methyl sites for hydroxylation is 1. The lowest BCUT2D eigenvalue weighted by atomic mass is 10.1. The molecule has 0 radical (unpaired) electrons. The maximum atomic E-state index is 9.05. The molecule has 1 N–H and O–H groups in total. The minimum atomic E-state index is 0.0551. The van der Waals surface area contributed by atoms with Crippen LogP contribution in [-0.2, 0) is 6.42 Å². The van der Waals surface area contributed by atoms with Crippen LogP contribution in [0, 0.1) is 11.3 Å². The van der Waals surface area contributed by atoms with Gasteiger partial charge in [0.1, 0.15) is 6.04 Å². The van der Waals surface area contributed by atoms with Crippen LogP contribution < -0.4 is 5.32 Å². The molecule has 1 aliphatic heterocycles. The largest absolute Gasteiger partial charge is 0.313 e. The first-order chi connectivity index (χ1) is 8.40. The van der Waals surface area contributed by atoms with Crippen LogP contribution in [0.3, 0.4) is 0 Å². The standard InChI is InChI=1S/C14H19N3/c15-11-14-12-16-8-10-17(14)9-4-7-13-5-2-1-3-6-13/h1-3,5-6,14,16H,4,7-10,12H2. The number of hydrogen-bond acceptors (Lipinski definition) is 3. The Hall–Kier alpha value is -1.37. The third-order valence-electron chi connectivity index (χ3n) is 3.26. The van der Waals surface area contributed by atoms with Gasteiger partial charge in [0.2, 0.25) is 0 Å². The molecule has 0 aromatic heterocycles. The summed E-state index contributed by atoms with van der Waals surface area (Å²) >= 11 is 0. The Balaban J connectivity index is 1.76. The Bertz CT molecular complexity index is 369. The minimum Gasteiger partial charge on any atom is -0.313 e. The van der Waals surface area contributed by atoms with Gasteiger partial charge in [0.25, 0.3) is 0 Å². The number of nitrogens with one attached hydrogen (secondary N) is 1. The number of benzene rings is 1. The van der Waals surface area contributed by atoms with Gasteiger partial charge in [-0.2, -0.15) is 5.26 Å². The van der Waals surface area contributed by atoms with E-state index in [9.17, 15) is 0 Å². The summed E-state index contributed by atoms with van der Waals surface area (Å²) in [6.45, 7) is 3.83. The fraction of sp³-hybridized carbons (Fsp3) is 0.500. The Morgan fingerprint density at radius 1 is 1.35 bits per heavy atom. The zero-order chi connectivity index (χ0) is 11.9. The van der Waals surface area contributed by atoms with E-state index in [1.54, 1.807) is 0 Å². The van der Waals surface area contributed by atoms with Gasteiger partial charge in [0, 0.05) is 19.6 Å². The van der Waals surface area contributed by atoms with Crippen molar-refractivity contribution >= 4 is 0 Å². The molecule has 0 amide bonds. The lowest BCUT2D eigenvalue weighted by Gasteiger charge is -2.31. The van der Waals surface area contributed by atoms with E-state index in [0.717, 1.165) is 39.0 Å². The molecule has 0 bridgehead atoms. The predicted octanol–water partition coefficient (Wildman–Crippen LogP) is 1.42. The molecule has 0 saturated carbocycles. The normalized spacial score (nSPS) is 21.0. The van der Waals surface area contributed by atoms with Crippen molar-refractivity contribution in [2.45, 2.75) is 18.9 Å². The molecule has 1 unspecified atom stereocenters. The molecule has 1 aromatic rings. The molecule has 0 spiro atoms. The Labute approximate surface area is 103 Å². The summed E-state index contributed by atoms with van der Waals surface area (Å²) in [7, 11) is 0. The first kappa shape index (κ1) is 12.1. The third kappa shape index (κ3) is 3.55. The number of nitriles is 1. The lowest BCUT2D eigenvalue weighted by Crippen LogP contribution is -2.50.